The summed E-state index contributed by atoms with van der Waals surface area (Å²) in [6, 6.07) is 29.0. The van der Waals surface area contributed by atoms with Gasteiger partial charge >= 0.3 is 6.15 Å². The van der Waals surface area contributed by atoms with Crippen molar-refractivity contribution >= 4 is 34.6 Å². The molecule has 0 saturated carbocycles. The summed E-state index contributed by atoms with van der Waals surface area (Å²) in [5.41, 5.74) is 8.10. The van der Waals surface area contributed by atoms with Crippen molar-refractivity contribution in [3.63, 3.8) is 0 Å². The van der Waals surface area contributed by atoms with Crippen LogP contribution >= 0.6 is 11.6 Å². The van der Waals surface area contributed by atoms with Crippen molar-refractivity contribution in [1.82, 2.24) is 9.88 Å². The van der Waals surface area contributed by atoms with Gasteiger partial charge in [-0.15, -0.1) is 0 Å². The number of rotatable bonds is 6. The lowest BCUT2D eigenvalue weighted by molar-refractivity contribution is -0.191. The lowest BCUT2D eigenvalue weighted by atomic mass is 10.0. The van der Waals surface area contributed by atoms with Crippen molar-refractivity contribution in [2.45, 2.75) is 33.4 Å². The van der Waals surface area contributed by atoms with E-state index >= 15 is 0 Å². The summed E-state index contributed by atoms with van der Waals surface area (Å²) in [5.74, 6) is -0.722. The van der Waals surface area contributed by atoms with Crippen LogP contribution in [0.15, 0.2) is 91.0 Å². The fourth-order valence-electron chi connectivity index (χ4n) is 4.82. The van der Waals surface area contributed by atoms with Gasteiger partial charge in [-0.25, -0.2) is 4.39 Å². The molecule has 0 aliphatic heterocycles. The molecule has 0 aliphatic rings. The number of benzene rings is 4. The van der Waals surface area contributed by atoms with Gasteiger partial charge in [0.05, 0.1) is 11.1 Å². The molecule has 4 aromatic carbocycles. The maximum Gasteiger partial charge on any atom is 0.373 e. The van der Waals surface area contributed by atoms with Gasteiger partial charge in [0.25, 0.3) is 5.91 Å². The van der Waals surface area contributed by atoms with Gasteiger partial charge in [-0.1, -0.05) is 78.3 Å². The largest absolute Gasteiger partial charge is 0.373 e. The van der Waals surface area contributed by atoms with Gasteiger partial charge in [0.1, 0.15) is 5.82 Å². The number of carbonyl (C=O) groups is 1. The third-order valence-electron chi connectivity index (χ3n) is 7.10. The fraction of sp³-hybridized carbons (Fsp3) is 0.152. The number of hydrogen-bond acceptors (Lipinski definition) is 3. The number of halogens is 2. The molecule has 5 rings (SSSR count). The zero-order valence-electron chi connectivity index (χ0n) is 22.4. The Morgan fingerprint density at radius 3 is 2.25 bits per heavy atom. The van der Waals surface area contributed by atoms with Crippen LogP contribution in [0.2, 0.25) is 5.02 Å². The number of aryl methyl sites for hydroxylation is 1. The van der Waals surface area contributed by atoms with Crippen LogP contribution < -0.4 is 5.32 Å². The molecular weight excluding hydrogens is 527 g/mol. The monoisotopic (exact) mass is 554 g/mol. The Bertz CT molecular complexity index is 1690. The normalized spacial score (nSPS) is 11.3. The van der Waals surface area contributed by atoms with E-state index in [2.05, 4.69) is 60.1 Å². The molecule has 1 aromatic heterocycles. The van der Waals surface area contributed by atoms with E-state index in [0.717, 1.165) is 23.0 Å². The molecule has 1 N–H and O–H groups in total. The van der Waals surface area contributed by atoms with Crippen LogP contribution in [0.1, 0.15) is 45.7 Å². The first-order chi connectivity index (χ1) is 19.2. The van der Waals surface area contributed by atoms with Crippen LogP contribution in [0.5, 0.6) is 0 Å². The minimum atomic E-state index is -0.496. The molecule has 0 bridgehead atoms. The molecule has 0 radical (unpaired) electrons. The van der Waals surface area contributed by atoms with Gasteiger partial charge in [-0.2, -0.15) is 9.59 Å². The standard InChI is InChI=1S/C32H28ClFN2O.CO2/c1-20-22(3)36(19-23-12-14-25(15-13-23)24-8-5-4-6-9-24)30-17-16-26(18-28(20)30)32(37)35-21(2)27-10-7-11-29(34)31(27)33;2-1-3/h4-18,21H,19H2,1-3H3,(H,35,37);/t21-;/m0./s1. The van der Waals surface area contributed by atoms with Crippen molar-refractivity contribution in [1.29, 1.82) is 0 Å². The third kappa shape index (κ3) is 6.04. The summed E-state index contributed by atoms with van der Waals surface area (Å²) in [6.07, 6.45) is 0.250. The van der Waals surface area contributed by atoms with Crippen molar-refractivity contribution in [2.24, 2.45) is 0 Å². The first-order valence-electron chi connectivity index (χ1n) is 12.7. The van der Waals surface area contributed by atoms with Gasteiger partial charge in [-0.3, -0.25) is 4.79 Å². The van der Waals surface area contributed by atoms with Crippen LogP contribution in [0.3, 0.4) is 0 Å². The number of nitrogens with zero attached hydrogens (tertiary/aromatic N) is 1. The Hall–Kier alpha value is -4.51. The first kappa shape index (κ1) is 28.5. The number of hydrogen-bond donors (Lipinski definition) is 1. The highest BCUT2D eigenvalue weighted by atomic mass is 35.5. The highest BCUT2D eigenvalue weighted by molar-refractivity contribution is 6.31. The minimum absolute atomic E-state index is 0.0334. The number of amides is 1. The van der Waals surface area contributed by atoms with Crippen LogP contribution in [0, 0.1) is 19.7 Å². The molecule has 5 nitrogen and oxygen atoms in total. The molecule has 5 aromatic rings. The first-order valence-corrected chi connectivity index (χ1v) is 13.1. The smallest absolute Gasteiger partial charge is 0.345 e. The number of fused-ring (bicyclic) bond motifs is 1. The summed E-state index contributed by atoms with van der Waals surface area (Å²) in [7, 11) is 0. The summed E-state index contributed by atoms with van der Waals surface area (Å²) < 4.78 is 16.2. The molecular formula is C33H28ClFN2O3. The molecule has 0 aliphatic carbocycles. The van der Waals surface area contributed by atoms with Crippen LogP contribution in [0.25, 0.3) is 22.0 Å². The molecule has 1 amide bonds. The average molecular weight is 555 g/mol. The van der Waals surface area contributed by atoms with E-state index < -0.39 is 11.9 Å². The molecule has 202 valence electrons. The van der Waals surface area contributed by atoms with Gasteiger partial charge < -0.3 is 9.88 Å². The van der Waals surface area contributed by atoms with Crippen molar-refractivity contribution in [3.8, 4) is 11.1 Å². The number of aromatic nitrogens is 1. The molecule has 1 heterocycles. The predicted molar refractivity (Wildman–Crippen MR) is 155 cm³/mol. The van der Waals surface area contributed by atoms with Gasteiger partial charge in [-0.05, 0) is 72.9 Å². The van der Waals surface area contributed by atoms with E-state index in [1.807, 2.05) is 36.4 Å². The van der Waals surface area contributed by atoms with E-state index in [1.165, 1.54) is 28.5 Å². The Balaban J connectivity index is 0.00000118. The third-order valence-corrected chi connectivity index (χ3v) is 7.50. The number of carbonyl (C=O) groups excluding carboxylic acids is 3. The van der Waals surface area contributed by atoms with E-state index in [1.54, 1.807) is 19.1 Å². The maximum absolute atomic E-state index is 13.9. The zero-order valence-corrected chi connectivity index (χ0v) is 23.1. The van der Waals surface area contributed by atoms with Crippen molar-refractivity contribution in [3.05, 3.63) is 130 Å². The lowest BCUT2D eigenvalue weighted by Crippen LogP contribution is -2.26. The summed E-state index contributed by atoms with van der Waals surface area (Å²) in [4.78, 5) is 29.3. The second-order valence-corrected chi connectivity index (χ2v) is 9.89. The second-order valence-electron chi connectivity index (χ2n) is 9.51. The quantitative estimate of drug-likeness (QED) is 0.234. The van der Waals surface area contributed by atoms with Gasteiger partial charge in [0.15, 0.2) is 0 Å². The molecule has 0 fully saturated rings. The predicted octanol–water partition coefficient (Wildman–Crippen LogP) is 7.67. The summed E-state index contributed by atoms with van der Waals surface area (Å²) in [5, 5.41) is 4.03. The SMILES string of the molecule is Cc1c(C)n(Cc2ccc(-c3ccccc3)cc2)c2ccc(C(=O)N[C@@H](C)c3cccc(F)c3Cl)cc12.O=C=O. The molecule has 0 spiro atoms. The zero-order chi connectivity index (χ0) is 28.8. The highest BCUT2D eigenvalue weighted by Gasteiger charge is 2.18. The van der Waals surface area contributed by atoms with E-state index in [9.17, 15) is 9.18 Å². The van der Waals surface area contributed by atoms with Gasteiger partial charge in [0.2, 0.25) is 0 Å². The van der Waals surface area contributed by atoms with E-state index in [-0.39, 0.29) is 17.1 Å². The van der Waals surface area contributed by atoms with Crippen molar-refractivity contribution < 1.29 is 18.8 Å². The van der Waals surface area contributed by atoms with E-state index in [0.29, 0.717) is 11.1 Å². The molecule has 0 unspecified atom stereocenters. The van der Waals surface area contributed by atoms with Gasteiger partial charge in [0, 0.05) is 28.7 Å². The molecule has 40 heavy (non-hydrogen) atoms. The Morgan fingerprint density at radius 1 is 0.925 bits per heavy atom. The summed E-state index contributed by atoms with van der Waals surface area (Å²) in [6.45, 7) is 6.74. The Kier molecular flexibility index (Phi) is 8.95. The van der Waals surface area contributed by atoms with Crippen LogP contribution in [-0.2, 0) is 16.1 Å². The van der Waals surface area contributed by atoms with Crippen LogP contribution in [-0.4, -0.2) is 16.6 Å². The number of nitrogens with one attached hydrogen (secondary N) is 1. The lowest BCUT2D eigenvalue weighted by Gasteiger charge is -2.16. The average Bonchev–Trinajstić information content (AvgIpc) is 3.20. The van der Waals surface area contributed by atoms with E-state index in [4.69, 9.17) is 21.2 Å². The topological polar surface area (TPSA) is 68.2 Å². The molecule has 7 heteroatoms. The maximum atomic E-state index is 13.9. The Labute approximate surface area is 237 Å². The minimum Gasteiger partial charge on any atom is -0.345 e. The van der Waals surface area contributed by atoms with Crippen molar-refractivity contribution in [2.75, 3.05) is 0 Å². The summed E-state index contributed by atoms with van der Waals surface area (Å²) >= 11 is 6.11. The molecule has 1 atom stereocenters. The fourth-order valence-corrected chi connectivity index (χ4v) is 5.11. The van der Waals surface area contributed by atoms with Crippen LogP contribution in [0.4, 0.5) is 4.39 Å². The highest BCUT2D eigenvalue weighted by Crippen LogP contribution is 2.29. The second kappa shape index (κ2) is 12.6. The Morgan fingerprint density at radius 2 is 1.57 bits per heavy atom. The molecule has 0 saturated heterocycles.